The Bertz CT molecular complexity index is 1290. The van der Waals surface area contributed by atoms with Crippen molar-refractivity contribution in [3.63, 3.8) is 0 Å². The van der Waals surface area contributed by atoms with Gasteiger partial charge in [0.15, 0.2) is 0 Å². The van der Waals surface area contributed by atoms with Crippen LogP contribution in [0.3, 0.4) is 0 Å². The van der Waals surface area contributed by atoms with E-state index in [0.717, 1.165) is 62.5 Å². The molecular formula is C39H56O5. The molecule has 0 spiro atoms. The van der Waals surface area contributed by atoms with Gasteiger partial charge in [0.2, 0.25) is 0 Å². The van der Waals surface area contributed by atoms with Crippen LogP contribution < -0.4 is 0 Å². The lowest BCUT2D eigenvalue weighted by Crippen LogP contribution is -2.67. The highest BCUT2D eigenvalue weighted by Crippen LogP contribution is 2.77. The average Bonchev–Trinajstić information content (AvgIpc) is 3.39. The van der Waals surface area contributed by atoms with Gasteiger partial charge in [-0.15, -0.1) is 0 Å². The van der Waals surface area contributed by atoms with Crippen molar-refractivity contribution in [1.82, 2.24) is 0 Å². The topological polar surface area (TPSA) is 72.8 Å². The third-order valence-electron chi connectivity index (χ3n) is 15.0. The number of benzene rings is 1. The fourth-order valence-electron chi connectivity index (χ4n) is 12.8. The summed E-state index contributed by atoms with van der Waals surface area (Å²) in [5, 5.41) is 10.3. The largest absolute Gasteiger partial charge is 0.462 e. The van der Waals surface area contributed by atoms with Crippen molar-refractivity contribution in [2.45, 2.75) is 118 Å². The maximum absolute atomic E-state index is 14.2. The first kappa shape index (κ1) is 31.8. The molecule has 5 aliphatic rings. The molecular weight excluding hydrogens is 548 g/mol. The zero-order valence-electron chi connectivity index (χ0n) is 28.1. The van der Waals surface area contributed by atoms with E-state index in [9.17, 15) is 14.7 Å². The average molecular weight is 605 g/mol. The van der Waals surface area contributed by atoms with Crippen LogP contribution in [0, 0.1) is 56.7 Å². The maximum Gasteiger partial charge on any atom is 0.312 e. The Labute approximate surface area is 265 Å². The number of carbonyl (C=O) groups is 2. The van der Waals surface area contributed by atoms with E-state index in [1.54, 1.807) is 6.92 Å². The van der Waals surface area contributed by atoms with Crippen molar-refractivity contribution in [3.05, 3.63) is 48.0 Å². The van der Waals surface area contributed by atoms with Crippen LogP contribution in [0.2, 0.25) is 0 Å². The van der Waals surface area contributed by atoms with E-state index >= 15 is 0 Å². The highest BCUT2D eigenvalue weighted by molar-refractivity contribution is 5.78. The van der Waals surface area contributed by atoms with Crippen LogP contribution in [-0.4, -0.2) is 29.8 Å². The number of fused-ring (bicyclic) bond motifs is 7. The summed E-state index contributed by atoms with van der Waals surface area (Å²) in [5.74, 6) is 1.60. The monoisotopic (exact) mass is 604 g/mol. The Morgan fingerprint density at radius 3 is 2.27 bits per heavy atom. The van der Waals surface area contributed by atoms with Crippen LogP contribution in [0.4, 0.5) is 0 Å². The highest BCUT2D eigenvalue weighted by Gasteiger charge is 2.72. The predicted octanol–water partition coefficient (Wildman–Crippen LogP) is 8.29. The predicted molar refractivity (Wildman–Crippen MR) is 172 cm³/mol. The van der Waals surface area contributed by atoms with Crippen LogP contribution in [-0.2, 0) is 25.7 Å². The van der Waals surface area contributed by atoms with E-state index in [0.29, 0.717) is 24.4 Å². The number of hydrogen-bond donors (Lipinski definition) is 1. The van der Waals surface area contributed by atoms with Crippen LogP contribution >= 0.6 is 0 Å². The first-order chi connectivity index (χ1) is 20.7. The molecule has 1 aromatic rings. The molecule has 5 saturated carbocycles. The van der Waals surface area contributed by atoms with Crippen molar-refractivity contribution in [2.75, 3.05) is 6.61 Å². The van der Waals surface area contributed by atoms with Crippen molar-refractivity contribution in [1.29, 1.82) is 0 Å². The molecule has 0 radical (unpaired) electrons. The molecule has 44 heavy (non-hydrogen) atoms. The molecule has 0 aromatic heterocycles. The van der Waals surface area contributed by atoms with E-state index in [4.69, 9.17) is 9.47 Å². The first-order valence-corrected chi connectivity index (χ1v) is 17.4. The molecule has 0 aliphatic heterocycles. The van der Waals surface area contributed by atoms with Crippen LogP contribution in [0.1, 0.15) is 111 Å². The van der Waals surface area contributed by atoms with Gasteiger partial charge >= 0.3 is 11.9 Å². The van der Waals surface area contributed by atoms with Gasteiger partial charge < -0.3 is 14.6 Å². The third-order valence-corrected chi connectivity index (χ3v) is 15.0. The molecule has 10 atom stereocenters. The van der Waals surface area contributed by atoms with E-state index in [2.05, 4.69) is 41.2 Å². The van der Waals surface area contributed by atoms with Crippen molar-refractivity contribution in [2.24, 2.45) is 56.7 Å². The Hall–Kier alpha value is -2.14. The maximum atomic E-state index is 14.2. The van der Waals surface area contributed by atoms with Gasteiger partial charge in [0.05, 0.1) is 12.0 Å². The first-order valence-electron chi connectivity index (χ1n) is 17.4. The zero-order valence-corrected chi connectivity index (χ0v) is 28.1. The molecule has 1 aromatic carbocycles. The Kier molecular flexibility index (Phi) is 7.95. The summed E-state index contributed by atoms with van der Waals surface area (Å²) in [6, 6.07) is 10.0. The minimum Gasteiger partial charge on any atom is -0.462 e. The highest BCUT2D eigenvalue weighted by atomic mass is 16.5. The molecule has 1 N–H and O–H groups in total. The number of rotatable bonds is 6. The SMILES string of the molecule is C=C(CO)C1CC[C@]2(C(=O)OCc3ccccc3)CC[C@]3(C)C(CCC4[C@@]5(C)CC[C@H](OC(C)=O)C(C)(C)C5CC[C@]43C)C12. The van der Waals surface area contributed by atoms with Gasteiger partial charge in [-0.2, -0.15) is 0 Å². The number of hydrogen-bond acceptors (Lipinski definition) is 5. The lowest BCUT2D eigenvalue weighted by Gasteiger charge is -2.72. The van der Waals surface area contributed by atoms with Gasteiger partial charge in [0.1, 0.15) is 12.7 Å². The Balaban J connectivity index is 1.32. The van der Waals surface area contributed by atoms with Crippen LogP contribution in [0.15, 0.2) is 42.5 Å². The van der Waals surface area contributed by atoms with E-state index < -0.39 is 5.41 Å². The molecule has 0 amide bonds. The fourth-order valence-corrected chi connectivity index (χ4v) is 12.8. The number of aliphatic hydroxyl groups is 1. The van der Waals surface area contributed by atoms with Crippen molar-refractivity contribution in [3.8, 4) is 0 Å². The van der Waals surface area contributed by atoms with Gasteiger partial charge in [-0.3, -0.25) is 9.59 Å². The molecule has 242 valence electrons. The molecule has 6 rings (SSSR count). The van der Waals surface area contributed by atoms with Crippen molar-refractivity contribution >= 4 is 11.9 Å². The number of esters is 2. The minimum atomic E-state index is -0.504. The van der Waals surface area contributed by atoms with E-state index in [1.165, 1.54) is 12.8 Å². The molecule has 0 heterocycles. The summed E-state index contributed by atoms with van der Waals surface area (Å²) in [7, 11) is 0. The van der Waals surface area contributed by atoms with Gasteiger partial charge in [0.25, 0.3) is 0 Å². The molecule has 5 unspecified atom stereocenters. The lowest BCUT2D eigenvalue weighted by molar-refractivity contribution is -0.251. The van der Waals surface area contributed by atoms with Crippen LogP contribution in [0.5, 0.6) is 0 Å². The molecule has 5 nitrogen and oxygen atoms in total. The molecule has 5 fully saturated rings. The summed E-state index contributed by atoms with van der Waals surface area (Å²) >= 11 is 0. The van der Waals surface area contributed by atoms with Crippen LogP contribution in [0.25, 0.3) is 0 Å². The van der Waals surface area contributed by atoms with E-state index in [1.807, 2.05) is 30.3 Å². The third kappa shape index (κ3) is 4.48. The quantitative estimate of drug-likeness (QED) is 0.261. The fraction of sp³-hybridized carbons (Fsp3) is 0.744. The molecule has 5 aliphatic carbocycles. The van der Waals surface area contributed by atoms with Crippen molar-refractivity contribution < 1.29 is 24.2 Å². The smallest absolute Gasteiger partial charge is 0.312 e. The second-order valence-corrected chi connectivity index (χ2v) is 16.8. The second kappa shape index (κ2) is 11.0. The number of carbonyl (C=O) groups excluding carboxylic acids is 2. The number of ether oxygens (including phenoxy) is 2. The Morgan fingerprint density at radius 1 is 0.864 bits per heavy atom. The summed E-state index contributed by atoms with van der Waals surface area (Å²) < 4.78 is 12.1. The standard InChI is InChI=1S/C39H56O5/c1-25(23-40)28-15-20-39(34(42)43-24-27-11-9-8-10-12-27)22-21-37(6)29(33(28)39)13-14-31-36(5)18-17-32(44-26(2)41)35(3,4)30(36)16-19-38(31,37)7/h8-12,28-33,40H,1,13-24H2,2-7H3/t28?,29?,30?,31?,32-,33?,36-,37+,38+,39-/m0/s1. The lowest BCUT2D eigenvalue weighted by atomic mass is 9.32. The molecule has 0 saturated heterocycles. The molecule has 5 heteroatoms. The van der Waals surface area contributed by atoms with Gasteiger partial charge in [0, 0.05) is 12.3 Å². The molecule has 0 bridgehead atoms. The minimum absolute atomic E-state index is 0.0159. The number of aliphatic hydroxyl groups excluding tert-OH is 1. The summed E-state index contributed by atoms with van der Waals surface area (Å²) in [5.41, 5.74) is 1.78. The zero-order chi connectivity index (χ0) is 31.7. The summed E-state index contributed by atoms with van der Waals surface area (Å²) in [6.07, 6.45) is 10.3. The van der Waals surface area contributed by atoms with E-state index in [-0.39, 0.29) is 58.1 Å². The Morgan fingerprint density at radius 2 is 1.59 bits per heavy atom. The van der Waals surface area contributed by atoms with Gasteiger partial charge in [-0.25, -0.2) is 0 Å². The summed E-state index contributed by atoms with van der Waals surface area (Å²) in [6.45, 7) is 18.6. The normalized spacial score (nSPS) is 43.9. The second-order valence-electron chi connectivity index (χ2n) is 16.8. The summed E-state index contributed by atoms with van der Waals surface area (Å²) in [4.78, 5) is 26.3. The van der Waals surface area contributed by atoms with Gasteiger partial charge in [-0.1, -0.05) is 71.5 Å². The van der Waals surface area contributed by atoms with Gasteiger partial charge in [-0.05, 0) is 121 Å².